The maximum Gasteiger partial charge on any atom is 1.00 e. The van der Waals surface area contributed by atoms with E-state index in [9.17, 15) is 19.2 Å². The molecule has 14 heteroatoms. The Bertz CT molecular complexity index is 428. The van der Waals surface area contributed by atoms with Crippen molar-refractivity contribution < 1.29 is 161 Å². The summed E-state index contributed by atoms with van der Waals surface area (Å²) in [6.07, 6.45) is -2.81. The molecule has 27 heavy (non-hydrogen) atoms. The molecule has 0 saturated carbocycles. The fourth-order valence-corrected chi connectivity index (χ4v) is 0.829. The first kappa shape index (κ1) is 37.8. The fourth-order valence-electron chi connectivity index (χ4n) is 0.829. The number of rotatable bonds is 4. The second kappa shape index (κ2) is 20.8. The minimum atomic E-state index is -2.81. The summed E-state index contributed by atoms with van der Waals surface area (Å²) in [5.41, 5.74) is 0. The number of esters is 4. The van der Waals surface area contributed by atoms with Crippen molar-refractivity contribution in [3.8, 4) is 0 Å². The second-order valence-corrected chi connectivity index (χ2v) is 3.86. The summed E-state index contributed by atoms with van der Waals surface area (Å²) in [6, 6.07) is 0. The van der Waals surface area contributed by atoms with Gasteiger partial charge < -0.3 is 38.7 Å². The predicted molar refractivity (Wildman–Crippen MR) is 71.2 cm³/mol. The molecular weight excluding hydrogens is 426 g/mol. The van der Waals surface area contributed by atoms with Crippen molar-refractivity contribution >= 4 is 35.8 Å². The molecule has 0 saturated heterocycles. The van der Waals surface area contributed by atoms with E-state index in [-0.39, 0.29) is 103 Å². The molecule has 0 fully saturated rings. The van der Waals surface area contributed by atoms with E-state index in [0.29, 0.717) is 0 Å². The SMILES string of the molecule is CC(=O)OC(OC(C)=O)(OC(C)=O)OC(C)=O.CC(=O)[O-].CC(=O)[O-].[K+].[K+]. The van der Waals surface area contributed by atoms with Crippen LogP contribution in [0.15, 0.2) is 0 Å². The minimum Gasteiger partial charge on any atom is -0.550 e. The van der Waals surface area contributed by atoms with Crippen LogP contribution in [0.1, 0.15) is 41.5 Å². The first-order valence-electron chi connectivity index (χ1n) is 6.27. The molecule has 0 aromatic heterocycles. The van der Waals surface area contributed by atoms with E-state index < -0.39 is 42.0 Å². The van der Waals surface area contributed by atoms with Gasteiger partial charge in [-0.15, -0.1) is 0 Å². The van der Waals surface area contributed by atoms with Crippen LogP contribution in [0.25, 0.3) is 0 Å². The number of aliphatic carboxylic acids is 2. The summed E-state index contributed by atoms with van der Waals surface area (Å²) in [5, 5.41) is 17.8. The van der Waals surface area contributed by atoms with Crippen LogP contribution in [0.2, 0.25) is 0 Å². The molecule has 12 nitrogen and oxygen atoms in total. The maximum atomic E-state index is 10.8. The molecular formula is C13H18K2O12. The first-order valence-corrected chi connectivity index (χ1v) is 6.27. The zero-order chi connectivity index (χ0) is 20.8. The summed E-state index contributed by atoms with van der Waals surface area (Å²) < 4.78 is 17.6. The molecule has 0 atom stereocenters. The minimum absolute atomic E-state index is 0. The van der Waals surface area contributed by atoms with E-state index in [0.717, 1.165) is 41.5 Å². The van der Waals surface area contributed by atoms with Gasteiger partial charge in [-0.05, 0) is 13.8 Å². The predicted octanol–water partition coefficient (Wildman–Crippen LogP) is -8.63. The number of hydrogen-bond acceptors (Lipinski definition) is 12. The molecule has 0 aromatic rings. The molecule has 0 N–H and O–H groups in total. The van der Waals surface area contributed by atoms with Gasteiger partial charge in [0.2, 0.25) is 0 Å². The Morgan fingerprint density at radius 2 is 0.630 bits per heavy atom. The Balaban J connectivity index is -0.000000136. The number of carboxylic acid groups (broad SMARTS) is 2. The molecule has 0 radical (unpaired) electrons. The molecule has 144 valence electrons. The van der Waals surface area contributed by atoms with Gasteiger partial charge in [0.05, 0.1) is 0 Å². The molecule has 0 aliphatic rings. The molecule has 0 aromatic carbocycles. The van der Waals surface area contributed by atoms with E-state index >= 15 is 0 Å². The Morgan fingerprint density at radius 3 is 0.704 bits per heavy atom. The van der Waals surface area contributed by atoms with Crippen LogP contribution in [0, 0.1) is 0 Å². The van der Waals surface area contributed by atoms with Crippen molar-refractivity contribution in [2.45, 2.75) is 47.7 Å². The maximum absolute atomic E-state index is 10.8. The average molecular weight is 444 g/mol. The van der Waals surface area contributed by atoms with Crippen LogP contribution in [-0.4, -0.2) is 42.0 Å². The summed E-state index contributed by atoms with van der Waals surface area (Å²) in [6.45, 7) is 5.74. The number of hydrogen-bond donors (Lipinski definition) is 0. The molecule has 0 heterocycles. The molecule has 0 rings (SSSR count). The number of carbonyl (C=O) groups is 6. The van der Waals surface area contributed by atoms with Gasteiger partial charge >= 0.3 is 133 Å². The van der Waals surface area contributed by atoms with Gasteiger partial charge in [-0.25, -0.2) is 0 Å². The molecule has 0 aliphatic carbocycles. The van der Waals surface area contributed by atoms with Crippen LogP contribution >= 0.6 is 0 Å². The van der Waals surface area contributed by atoms with Crippen LogP contribution in [0.3, 0.4) is 0 Å². The fraction of sp³-hybridized carbons (Fsp3) is 0.538. The van der Waals surface area contributed by atoms with Crippen LogP contribution < -0.4 is 113 Å². The van der Waals surface area contributed by atoms with Crippen molar-refractivity contribution in [3.63, 3.8) is 0 Å². The van der Waals surface area contributed by atoms with Gasteiger partial charge in [0, 0.05) is 39.6 Å². The summed E-state index contributed by atoms with van der Waals surface area (Å²) in [4.78, 5) is 61.0. The van der Waals surface area contributed by atoms with Crippen LogP contribution in [0.5, 0.6) is 0 Å². The largest absolute Gasteiger partial charge is 1.00 e. The van der Waals surface area contributed by atoms with Crippen molar-refractivity contribution in [2.24, 2.45) is 0 Å². The van der Waals surface area contributed by atoms with Gasteiger partial charge in [0.1, 0.15) is 0 Å². The monoisotopic (exact) mass is 444 g/mol. The van der Waals surface area contributed by atoms with Crippen LogP contribution in [0.4, 0.5) is 0 Å². The Labute approximate surface area is 240 Å². The first-order chi connectivity index (χ1) is 11.1. The number of carboxylic acids is 2. The summed E-state index contributed by atoms with van der Waals surface area (Å²) >= 11 is 0. The van der Waals surface area contributed by atoms with Crippen molar-refractivity contribution in [1.82, 2.24) is 0 Å². The van der Waals surface area contributed by atoms with Gasteiger partial charge in [-0.2, -0.15) is 0 Å². The van der Waals surface area contributed by atoms with E-state index in [1.54, 1.807) is 0 Å². The molecule has 0 aliphatic heterocycles. The van der Waals surface area contributed by atoms with Gasteiger partial charge in [0.25, 0.3) is 0 Å². The third-order valence-corrected chi connectivity index (χ3v) is 1.07. The Morgan fingerprint density at radius 1 is 0.519 bits per heavy atom. The van der Waals surface area contributed by atoms with Gasteiger partial charge in [0.15, 0.2) is 0 Å². The zero-order valence-electron chi connectivity index (χ0n) is 16.4. The molecule has 0 amide bonds. The van der Waals surface area contributed by atoms with Crippen LogP contribution in [-0.2, 0) is 47.7 Å². The zero-order valence-corrected chi connectivity index (χ0v) is 22.6. The topological polar surface area (TPSA) is 185 Å². The number of ether oxygens (including phenoxy) is 4. The Kier molecular flexibility index (Phi) is 29.1. The van der Waals surface area contributed by atoms with Gasteiger partial charge in [-0.1, -0.05) is 0 Å². The Hall–Kier alpha value is 0.0927. The summed E-state index contributed by atoms with van der Waals surface area (Å²) in [7, 11) is 0. The van der Waals surface area contributed by atoms with E-state index in [1.165, 1.54) is 0 Å². The smallest absolute Gasteiger partial charge is 0.550 e. The molecule has 0 spiro atoms. The van der Waals surface area contributed by atoms with Crippen molar-refractivity contribution in [2.75, 3.05) is 0 Å². The standard InChI is InChI=1S/C9H12O8.2C2H4O2.2K/c1-5(10)14-9(15-6(2)11,16-7(3)12)17-8(4)13;2*1-2(3)4;;/h1-4H3;2*1H3,(H,3,4);;/q;;;2*+1/p-2. The van der Waals surface area contributed by atoms with E-state index in [2.05, 4.69) is 18.9 Å². The third-order valence-electron chi connectivity index (χ3n) is 1.07. The molecule has 0 unspecified atom stereocenters. The van der Waals surface area contributed by atoms with E-state index in [4.69, 9.17) is 19.8 Å². The third kappa shape index (κ3) is 37.5. The average Bonchev–Trinajstić information content (AvgIpc) is 2.20. The second-order valence-electron chi connectivity index (χ2n) is 3.86. The summed E-state index contributed by atoms with van der Waals surface area (Å²) in [5.74, 6) is -6.08. The quantitative estimate of drug-likeness (QED) is 0.227. The number of carbonyl (C=O) groups excluding carboxylic acids is 6. The normalized spacial score (nSPS) is 8.22. The van der Waals surface area contributed by atoms with Crippen molar-refractivity contribution in [3.05, 3.63) is 0 Å². The van der Waals surface area contributed by atoms with Crippen molar-refractivity contribution in [1.29, 1.82) is 0 Å². The molecule has 0 bridgehead atoms. The van der Waals surface area contributed by atoms with E-state index in [1.807, 2.05) is 0 Å². The van der Waals surface area contributed by atoms with Gasteiger partial charge in [-0.3, -0.25) is 19.2 Å².